The molecule has 0 fully saturated rings. The minimum Gasteiger partial charge on any atom is -0.396 e. The smallest absolute Gasteiger partial charge is 0.225 e. The van der Waals surface area contributed by atoms with Crippen molar-refractivity contribution in [2.75, 3.05) is 17.7 Å². The Balaban J connectivity index is 2.67. The Labute approximate surface area is 91.5 Å². The Bertz CT molecular complexity index is 294. The molecule has 0 aliphatic rings. The van der Waals surface area contributed by atoms with Gasteiger partial charge in [0.05, 0.1) is 18.1 Å². The van der Waals surface area contributed by atoms with Crippen molar-refractivity contribution in [3.8, 4) is 0 Å². The van der Waals surface area contributed by atoms with Crippen LogP contribution in [-0.4, -0.2) is 23.1 Å². The van der Waals surface area contributed by atoms with Gasteiger partial charge in [-0.25, -0.2) is 9.97 Å². The Morgan fingerprint density at radius 1 is 1.27 bits per heavy atom. The van der Waals surface area contributed by atoms with E-state index in [2.05, 4.69) is 35.6 Å². The van der Waals surface area contributed by atoms with Crippen LogP contribution >= 0.6 is 0 Å². The van der Waals surface area contributed by atoms with Crippen LogP contribution in [0.25, 0.3) is 0 Å². The van der Waals surface area contributed by atoms with E-state index in [0.717, 1.165) is 12.4 Å². The van der Waals surface area contributed by atoms with E-state index in [1.54, 1.807) is 12.4 Å². The van der Waals surface area contributed by atoms with Gasteiger partial charge in [0.2, 0.25) is 5.95 Å². The Hall–Kier alpha value is -1.32. The van der Waals surface area contributed by atoms with Crippen molar-refractivity contribution in [3.05, 3.63) is 12.4 Å². The average Bonchev–Trinajstić information content (AvgIpc) is 2.17. The van der Waals surface area contributed by atoms with Crippen LogP contribution in [0.1, 0.15) is 27.2 Å². The van der Waals surface area contributed by atoms with Crippen LogP contribution in [0, 0.1) is 5.92 Å². The van der Waals surface area contributed by atoms with Gasteiger partial charge < -0.3 is 10.6 Å². The van der Waals surface area contributed by atoms with Gasteiger partial charge in [-0.15, -0.1) is 0 Å². The summed E-state index contributed by atoms with van der Waals surface area (Å²) in [5.74, 6) is 1.41. The first-order valence-electron chi connectivity index (χ1n) is 5.31. The van der Waals surface area contributed by atoms with E-state index in [0.29, 0.717) is 17.6 Å². The normalized spacial score (nSPS) is 12.9. The quantitative estimate of drug-likeness (QED) is 0.821. The molecule has 0 saturated heterocycles. The van der Waals surface area contributed by atoms with Crippen molar-refractivity contribution >= 4 is 11.6 Å². The summed E-state index contributed by atoms with van der Waals surface area (Å²) in [6.07, 6.45) is 4.41. The summed E-state index contributed by atoms with van der Waals surface area (Å²) in [7, 11) is 2.01. The van der Waals surface area contributed by atoms with Crippen LogP contribution < -0.4 is 10.6 Å². The summed E-state index contributed by atoms with van der Waals surface area (Å²) >= 11 is 0. The third-order valence-electron chi connectivity index (χ3n) is 2.45. The number of nitrogens with two attached hydrogens (primary N) is 1. The highest BCUT2D eigenvalue weighted by Crippen LogP contribution is 2.14. The van der Waals surface area contributed by atoms with Crippen molar-refractivity contribution in [1.82, 2.24) is 9.97 Å². The molecule has 2 N–H and O–H groups in total. The van der Waals surface area contributed by atoms with Crippen molar-refractivity contribution in [2.24, 2.45) is 5.92 Å². The van der Waals surface area contributed by atoms with Crippen molar-refractivity contribution in [1.29, 1.82) is 0 Å². The summed E-state index contributed by atoms with van der Waals surface area (Å²) in [6.45, 7) is 6.61. The maximum Gasteiger partial charge on any atom is 0.225 e. The lowest BCUT2D eigenvalue weighted by Crippen LogP contribution is -2.31. The minimum absolute atomic E-state index is 0.439. The molecule has 0 aliphatic carbocycles. The molecule has 0 aromatic carbocycles. The van der Waals surface area contributed by atoms with Gasteiger partial charge in [0.15, 0.2) is 0 Å². The second kappa shape index (κ2) is 4.96. The molecule has 1 rings (SSSR count). The van der Waals surface area contributed by atoms with Gasteiger partial charge in [-0.05, 0) is 19.3 Å². The summed E-state index contributed by atoms with van der Waals surface area (Å²) in [5.41, 5.74) is 6.14. The van der Waals surface area contributed by atoms with E-state index >= 15 is 0 Å². The second-order valence-electron chi connectivity index (χ2n) is 4.41. The third-order valence-corrected chi connectivity index (χ3v) is 2.45. The molecule has 0 amide bonds. The summed E-state index contributed by atoms with van der Waals surface area (Å²) < 4.78 is 0. The molecule has 15 heavy (non-hydrogen) atoms. The van der Waals surface area contributed by atoms with E-state index in [4.69, 9.17) is 5.73 Å². The molecule has 1 unspecified atom stereocenters. The second-order valence-corrected chi connectivity index (χ2v) is 4.41. The molecule has 0 aliphatic heterocycles. The zero-order valence-electron chi connectivity index (χ0n) is 9.94. The van der Waals surface area contributed by atoms with Crippen molar-refractivity contribution in [3.63, 3.8) is 0 Å². The lowest BCUT2D eigenvalue weighted by Gasteiger charge is -2.26. The topological polar surface area (TPSA) is 55.0 Å². The molecular formula is C11H20N4. The Morgan fingerprint density at radius 3 is 2.27 bits per heavy atom. The largest absolute Gasteiger partial charge is 0.396 e. The third kappa shape index (κ3) is 3.38. The first-order valence-corrected chi connectivity index (χ1v) is 5.31. The SMILES string of the molecule is CC(C)CC(C)N(C)c1ncc(N)cn1. The summed E-state index contributed by atoms with van der Waals surface area (Å²) in [5, 5.41) is 0. The fraction of sp³-hybridized carbons (Fsp3) is 0.636. The molecule has 0 saturated carbocycles. The van der Waals surface area contributed by atoms with E-state index < -0.39 is 0 Å². The molecule has 4 heteroatoms. The molecule has 84 valence electrons. The maximum absolute atomic E-state index is 5.54. The van der Waals surface area contributed by atoms with Crippen LogP contribution in [0.15, 0.2) is 12.4 Å². The van der Waals surface area contributed by atoms with Gasteiger partial charge in [0.1, 0.15) is 0 Å². The highest BCUT2D eigenvalue weighted by atomic mass is 15.2. The number of rotatable bonds is 4. The van der Waals surface area contributed by atoms with Crippen LogP contribution in [0.3, 0.4) is 0 Å². The van der Waals surface area contributed by atoms with Gasteiger partial charge in [0, 0.05) is 13.1 Å². The molecule has 0 bridgehead atoms. The van der Waals surface area contributed by atoms with E-state index in [9.17, 15) is 0 Å². The van der Waals surface area contributed by atoms with Gasteiger partial charge in [0.25, 0.3) is 0 Å². The lowest BCUT2D eigenvalue weighted by atomic mass is 10.0. The van der Waals surface area contributed by atoms with Crippen molar-refractivity contribution in [2.45, 2.75) is 33.2 Å². The van der Waals surface area contributed by atoms with E-state index in [-0.39, 0.29) is 0 Å². The highest BCUT2D eigenvalue weighted by molar-refractivity contribution is 5.37. The number of nitrogens with zero attached hydrogens (tertiary/aromatic N) is 3. The molecule has 4 nitrogen and oxygen atoms in total. The van der Waals surface area contributed by atoms with E-state index in [1.165, 1.54) is 0 Å². The zero-order valence-corrected chi connectivity index (χ0v) is 9.94. The fourth-order valence-corrected chi connectivity index (χ4v) is 1.55. The van der Waals surface area contributed by atoms with Crippen LogP contribution in [-0.2, 0) is 0 Å². The zero-order chi connectivity index (χ0) is 11.4. The number of nitrogen functional groups attached to an aromatic ring is 1. The summed E-state index contributed by atoms with van der Waals surface area (Å²) in [4.78, 5) is 10.5. The molecule has 1 heterocycles. The number of anilines is 2. The lowest BCUT2D eigenvalue weighted by molar-refractivity contribution is 0.499. The standard InChI is InChI=1S/C11H20N4/c1-8(2)5-9(3)15(4)11-13-6-10(12)7-14-11/h6-9H,5,12H2,1-4H3. The highest BCUT2D eigenvalue weighted by Gasteiger charge is 2.13. The fourth-order valence-electron chi connectivity index (χ4n) is 1.55. The predicted octanol–water partition coefficient (Wildman–Crippen LogP) is 1.93. The molecule has 0 spiro atoms. The Morgan fingerprint density at radius 2 is 1.80 bits per heavy atom. The van der Waals surface area contributed by atoms with Crippen LogP contribution in [0.5, 0.6) is 0 Å². The molecule has 1 aromatic rings. The Kier molecular flexibility index (Phi) is 3.88. The number of aromatic nitrogens is 2. The van der Waals surface area contributed by atoms with Gasteiger partial charge in [-0.2, -0.15) is 0 Å². The monoisotopic (exact) mass is 208 g/mol. The molecule has 0 radical (unpaired) electrons. The molecule has 1 aromatic heterocycles. The minimum atomic E-state index is 0.439. The number of hydrogen-bond donors (Lipinski definition) is 1. The maximum atomic E-state index is 5.54. The van der Waals surface area contributed by atoms with Crippen molar-refractivity contribution < 1.29 is 0 Å². The number of hydrogen-bond acceptors (Lipinski definition) is 4. The van der Waals surface area contributed by atoms with Gasteiger partial charge in [-0.3, -0.25) is 0 Å². The first kappa shape index (κ1) is 11.8. The van der Waals surface area contributed by atoms with Gasteiger partial charge in [-0.1, -0.05) is 13.8 Å². The first-order chi connectivity index (χ1) is 7.00. The van der Waals surface area contributed by atoms with E-state index in [1.807, 2.05) is 7.05 Å². The van der Waals surface area contributed by atoms with Gasteiger partial charge >= 0.3 is 0 Å². The van der Waals surface area contributed by atoms with Crippen LogP contribution in [0.4, 0.5) is 11.6 Å². The average molecular weight is 208 g/mol. The molecular weight excluding hydrogens is 188 g/mol. The molecule has 1 atom stereocenters. The predicted molar refractivity (Wildman–Crippen MR) is 63.8 cm³/mol. The summed E-state index contributed by atoms with van der Waals surface area (Å²) in [6, 6.07) is 0.439. The van der Waals surface area contributed by atoms with Crippen LogP contribution in [0.2, 0.25) is 0 Å².